The topological polar surface area (TPSA) is 117 Å². The van der Waals surface area contributed by atoms with E-state index in [1.165, 1.54) is 11.3 Å². The Kier molecular flexibility index (Phi) is 10.6. The molecule has 1 unspecified atom stereocenters. The van der Waals surface area contributed by atoms with E-state index in [2.05, 4.69) is 4.98 Å². The zero-order valence-electron chi connectivity index (χ0n) is 20.9. The highest BCUT2D eigenvalue weighted by Gasteiger charge is 2.42. The lowest BCUT2D eigenvalue weighted by Crippen LogP contribution is -2.45. The monoisotopic (exact) mass is 493 g/mol. The van der Waals surface area contributed by atoms with Gasteiger partial charge < -0.3 is 20.1 Å². The second kappa shape index (κ2) is 12.7. The van der Waals surface area contributed by atoms with Gasteiger partial charge in [-0.25, -0.2) is 4.98 Å². The van der Waals surface area contributed by atoms with E-state index in [1.807, 2.05) is 37.5 Å². The fourth-order valence-corrected chi connectivity index (χ4v) is 4.81. The number of nitrogens with zero attached hydrogens (tertiary/aromatic N) is 1. The first-order valence-electron chi connectivity index (χ1n) is 12.0. The second-order valence-corrected chi connectivity index (χ2v) is 10.8. The molecule has 5 atom stereocenters. The molecule has 0 aliphatic carbocycles. The molecule has 34 heavy (non-hydrogen) atoms. The molecule has 1 aliphatic heterocycles. The van der Waals surface area contributed by atoms with Gasteiger partial charge in [0.05, 0.1) is 36.3 Å². The predicted molar refractivity (Wildman–Crippen MR) is 133 cm³/mol. The number of Topliss-reactive ketones (excluding diaryl/α,β-unsaturated/α-hetero) is 1. The maximum Gasteiger partial charge on any atom is 0.309 e. The molecule has 190 valence electrons. The molecule has 0 bridgehead atoms. The summed E-state index contributed by atoms with van der Waals surface area (Å²) >= 11 is 1.36. The number of hydrogen-bond acceptors (Lipinski definition) is 8. The van der Waals surface area contributed by atoms with Crippen molar-refractivity contribution in [1.29, 1.82) is 0 Å². The number of rotatable bonds is 3. The minimum absolute atomic E-state index is 0.0574. The molecule has 1 aromatic heterocycles. The van der Waals surface area contributed by atoms with Gasteiger partial charge in [0.2, 0.25) is 0 Å². The van der Waals surface area contributed by atoms with Gasteiger partial charge in [0.1, 0.15) is 16.9 Å². The molecule has 0 radical (unpaired) electrons. The average molecular weight is 494 g/mol. The lowest BCUT2D eigenvalue weighted by Gasteiger charge is -2.34. The summed E-state index contributed by atoms with van der Waals surface area (Å²) in [6.07, 6.45) is 5.87. The molecule has 0 fully saturated rings. The van der Waals surface area contributed by atoms with Crippen LogP contribution in [0.25, 0.3) is 6.08 Å². The van der Waals surface area contributed by atoms with Gasteiger partial charge in [-0.1, -0.05) is 39.8 Å². The van der Waals surface area contributed by atoms with E-state index in [0.717, 1.165) is 24.8 Å². The first kappa shape index (κ1) is 28.4. The van der Waals surface area contributed by atoms with E-state index >= 15 is 0 Å². The first-order valence-corrected chi connectivity index (χ1v) is 12.8. The quantitative estimate of drug-likeness (QED) is 0.429. The Morgan fingerprint density at radius 2 is 1.97 bits per heavy atom. The number of aliphatic hydroxyl groups is 3. The summed E-state index contributed by atoms with van der Waals surface area (Å²) in [7, 11) is 0. The summed E-state index contributed by atoms with van der Waals surface area (Å²) in [6.45, 7) is 8.57. The van der Waals surface area contributed by atoms with E-state index in [-0.39, 0.29) is 24.7 Å². The van der Waals surface area contributed by atoms with Crippen LogP contribution in [-0.2, 0) is 20.9 Å². The summed E-state index contributed by atoms with van der Waals surface area (Å²) in [5, 5.41) is 33.2. The van der Waals surface area contributed by atoms with Gasteiger partial charge in [0, 0.05) is 17.7 Å². The Morgan fingerprint density at radius 1 is 1.26 bits per heavy atom. The molecule has 2 rings (SSSR count). The number of allylic oxidation sites excluding steroid dienone is 1. The van der Waals surface area contributed by atoms with Gasteiger partial charge in [-0.05, 0) is 43.8 Å². The van der Waals surface area contributed by atoms with E-state index in [9.17, 15) is 24.9 Å². The van der Waals surface area contributed by atoms with Crippen molar-refractivity contribution in [2.24, 2.45) is 17.3 Å². The Morgan fingerprint density at radius 3 is 2.62 bits per heavy atom. The fraction of sp³-hybridized carbons (Fsp3) is 0.654. The lowest BCUT2D eigenvalue weighted by atomic mass is 9.73. The molecule has 2 heterocycles. The number of aromatic nitrogens is 1. The van der Waals surface area contributed by atoms with Crippen LogP contribution in [0.1, 0.15) is 77.4 Å². The highest BCUT2D eigenvalue weighted by Crippen LogP contribution is 2.32. The highest BCUT2D eigenvalue weighted by atomic mass is 32.1. The Labute approximate surface area is 206 Å². The van der Waals surface area contributed by atoms with Gasteiger partial charge in [-0.3, -0.25) is 9.59 Å². The SMILES string of the molecule is C/C(=C\c1csc(CO)n1)[C@@H]1C/C=C\CCC[C@H](C)C(O)[C@@H](C)C(=O)C(C)(C)[C@@H](O)CC(=O)O1. The van der Waals surface area contributed by atoms with Crippen LogP contribution in [0, 0.1) is 17.3 Å². The molecule has 3 N–H and O–H groups in total. The molecule has 8 heteroatoms. The number of thiazole rings is 1. The van der Waals surface area contributed by atoms with Crippen LogP contribution in [-0.4, -0.2) is 50.4 Å². The lowest BCUT2D eigenvalue weighted by molar-refractivity contribution is -0.154. The van der Waals surface area contributed by atoms with Crippen molar-refractivity contribution in [3.63, 3.8) is 0 Å². The molecule has 0 spiro atoms. The van der Waals surface area contributed by atoms with E-state index in [1.54, 1.807) is 20.8 Å². The third-order valence-corrected chi connectivity index (χ3v) is 7.60. The number of aliphatic hydroxyl groups excluding tert-OH is 3. The van der Waals surface area contributed by atoms with Crippen LogP contribution in [0.4, 0.5) is 0 Å². The summed E-state index contributed by atoms with van der Waals surface area (Å²) in [6, 6.07) is 0. The second-order valence-electron chi connectivity index (χ2n) is 9.89. The van der Waals surface area contributed by atoms with Crippen molar-refractivity contribution in [2.45, 2.75) is 91.6 Å². The number of ether oxygens (including phenoxy) is 1. The molecule has 0 saturated heterocycles. The van der Waals surface area contributed by atoms with Crippen molar-refractivity contribution < 1.29 is 29.6 Å². The van der Waals surface area contributed by atoms with Gasteiger partial charge in [0.15, 0.2) is 0 Å². The van der Waals surface area contributed by atoms with Crippen molar-refractivity contribution in [3.05, 3.63) is 33.8 Å². The number of ketones is 1. The third-order valence-electron chi connectivity index (χ3n) is 6.75. The minimum Gasteiger partial charge on any atom is -0.457 e. The Bertz CT molecular complexity index is 890. The molecular formula is C26H39NO6S. The summed E-state index contributed by atoms with van der Waals surface area (Å²) in [5.41, 5.74) is 0.272. The number of esters is 1. The largest absolute Gasteiger partial charge is 0.457 e. The molecule has 0 saturated carbocycles. The minimum atomic E-state index is -1.24. The standard InChI is InChI=1S/C26H39NO6S/c1-16-10-8-6-7-9-11-20(17(2)12-19-15-34-22(14-28)27-19)33-23(30)13-21(29)26(4,5)25(32)18(3)24(16)31/h7,9,12,15-16,18,20-21,24,28-29,31H,6,8,10-11,13-14H2,1-5H3/b9-7-,17-12+/t16-,18+,20-,21-,24?/m0/s1. The van der Waals surface area contributed by atoms with Crippen LogP contribution in [0.5, 0.6) is 0 Å². The Balaban J connectivity index is 2.27. The van der Waals surface area contributed by atoms with E-state index in [0.29, 0.717) is 17.1 Å². The maximum absolute atomic E-state index is 13.1. The molecule has 1 aromatic rings. The molecule has 1 aliphatic rings. The average Bonchev–Trinajstić information content (AvgIpc) is 3.25. The van der Waals surface area contributed by atoms with Crippen molar-refractivity contribution in [3.8, 4) is 0 Å². The zero-order chi connectivity index (χ0) is 25.5. The Hall–Kier alpha value is -1.87. The summed E-state index contributed by atoms with van der Waals surface area (Å²) in [4.78, 5) is 30.2. The van der Waals surface area contributed by atoms with Crippen molar-refractivity contribution in [2.75, 3.05) is 0 Å². The van der Waals surface area contributed by atoms with Gasteiger partial charge in [-0.15, -0.1) is 11.3 Å². The maximum atomic E-state index is 13.1. The normalized spacial score (nSPS) is 31.2. The third kappa shape index (κ3) is 7.57. The van der Waals surface area contributed by atoms with E-state index < -0.39 is 35.6 Å². The van der Waals surface area contributed by atoms with E-state index in [4.69, 9.17) is 4.74 Å². The highest BCUT2D eigenvalue weighted by molar-refractivity contribution is 7.09. The predicted octanol–water partition coefficient (Wildman–Crippen LogP) is 4.06. The smallest absolute Gasteiger partial charge is 0.309 e. The molecule has 0 amide bonds. The molecule has 7 nitrogen and oxygen atoms in total. The number of carbonyl (C=O) groups excluding carboxylic acids is 2. The molecular weight excluding hydrogens is 454 g/mol. The first-order chi connectivity index (χ1) is 16.0. The summed E-state index contributed by atoms with van der Waals surface area (Å²) < 4.78 is 5.73. The van der Waals surface area contributed by atoms with Crippen LogP contribution in [0.2, 0.25) is 0 Å². The van der Waals surface area contributed by atoms with Gasteiger partial charge in [-0.2, -0.15) is 0 Å². The van der Waals surface area contributed by atoms with Gasteiger partial charge >= 0.3 is 5.97 Å². The van der Waals surface area contributed by atoms with Crippen molar-refractivity contribution in [1.82, 2.24) is 4.98 Å². The van der Waals surface area contributed by atoms with Crippen LogP contribution < -0.4 is 0 Å². The number of hydrogen-bond donors (Lipinski definition) is 3. The number of carbonyl (C=O) groups is 2. The molecule has 0 aromatic carbocycles. The zero-order valence-corrected chi connectivity index (χ0v) is 21.7. The van der Waals surface area contributed by atoms with Crippen LogP contribution >= 0.6 is 11.3 Å². The van der Waals surface area contributed by atoms with Gasteiger partial charge in [0.25, 0.3) is 0 Å². The number of cyclic esters (lactones) is 1. The van der Waals surface area contributed by atoms with Crippen LogP contribution in [0.15, 0.2) is 23.1 Å². The van der Waals surface area contributed by atoms with Crippen molar-refractivity contribution >= 4 is 29.2 Å². The summed E-state index contributed by atoms with van der Waals surface area (Å²) in [5.74, 6) is -1.57. The fourth-order valence-electron chi connectivity index (χ4n) is 4.20. The van der Waals surface area contributed by atoms with Crippen LogP contribution in [0.3, 0.4) is 0 Å².